The van der Waals surface area contributed by atoms with E-state index < -0.39 is 0 Å². The number of nitrogens with zero attached hydrogens (tertiary/aromatic N) is 3. The van der Waals surface area contributed by atoms with Crippen LogP contribution in [0.5, 0.6) is 17.2 Å². The molecule has 0 aliphatic carbocycles. The number of nitrogens with one attached hydrogen (secondary N) is 1. The summed E-state index contributed by atoms with van der Waals surface area (Å²) in [5, 5.41) is 12.3. The Morgan fingerprint density at radius 1 is 1.03 bits per heavy atom. The lowest BCUT2D eigenvalue weighted by Gasteiger charge is -2.13. The summed E-state index contributed by atoms with van der Waals surface area (Å²) in [5.74, 6) is 3.37. The standard InChI is InChI=1S/C26H34N4O4S/c1-6-19-7-10-21(11-8-19)34-16-24-28-29-26(30(24)15-18(2)3)35-17-25(31)27-14-20-9-12-22(32-4)23(13-20)33-5/h7-13,18H,6,14-17H2,1-5H3,(H,27,31). The maximum Gasteiger partial charge on any atom is 0.230 e. The molecule has 1 aromatic heterocycles. The summed E-state index contributed by atoms with van der Waals surface area (Å²) >= 11 is 1.37. The molecule has 1 N–H and O–H groups in total. The lowest BCUT2D eigenvalue weighted by molar-refractivity contribution is -0.118. The van der Waals surface area contributed by atoms with E-state index in [1.54, 1.807) is 14.2 Å². The van der Waals surface area contributed by atoms with Crippen molar-refractivity contribution in [1.82, 2.24) is 20.1 Å². The smallest absolute Gasteiger partial charge is 0.230 e. The number of ether oxygens (including phenoxy) is 3. The number of carbonyl (C=O) groups excluding carboxylic acids is 1. The summed E-state index contributed by atoms with van der Waals surface area (Å²) in [6, 6.07) is 13.7. The van der Waals surface area contributed by atoms with Crippen molar-refractivity contribution in [2.75, 3.05) is 20.0 Å². The predicted octanol–water partition coefficient (Wildman–Crippen LogP) is 4.50. The quantitative estimate of drug-likeness (QED) is 0.347. The van der Waals surface area contributed by atoms with Crippen molar-refractivity contribution in [1.29, 1.82) is 0 Å². The molecular formula is C26H34N4O4S. The van der Waals surface area contributed by atoms with Gasteiger partial charge in [0.15, 0.2) is 22.5 Å². The van der Waals surface area contributed by atoms with E-state index in [9.17, 15) is 4.79 Å². The van der Waals surface area contributed by atoms with E-state index in [0.717, 1.165) is 30.1 Å². The Hall–Kier alpha value is -3.20. The highest BCUT2D eigenvalue weighted by Gasteiger charge is 2.16. The molecule has 3 aromatic rings. The second-order valence-corrected chi connectivity index (χ2v) is 9.39. The number of methoxy groups -OCH3 is 2. The summed E-state index contributed by atoms with van der Waals surface area (Å²) in [6.07, 6.45) is 0.992. The molecule has 3 rings (SSSR count). The summed E-state index contributed by atoms with van der Waals surface area (Å²) in [7, 11) is 3.18. The molecule has 1 amide bonds. The molecule has 0 aliphatic heterocycles. The third-order valence-corrected chi connectivity index (χ3v) is 6.28. The van der Waals surface area contributed by atoms with Gasteiger partial charge in [0.05, 0.1) is 20.0 Å². The molecule has 0 aliphatic rings. The average Bonchev–Trinajstić information content (AvgIpc) is 3.25. The van der Waals surface area contributed by atoms with Gasteiger partial charge >= 0.3 is 0 Å². The molecule has 188 valence electrons. The molecule has 0 spiro atoms. The lowest BCUT2D eigenvalue weighted by atomic mass is 10.2. The van der Waals surface area contributed by atoms with E-state index in [1.807, 2.05) is 34.9 Å². The summed E-state index contributed by atoms with van der Waals surface area (Å²) in [4.78, 5) is 12.5. The van der Waals surface area contributed by atoms with Crippen molar-refractivity contribution in [3.05, 3.63) is 59.4 Å². The van der Waals surface area contributed by atoms with Crippen molar-refractivity contribution in [3.63, 3.8) is 0 Å². The van der Waals surface area contributed by atoms with Gasteiger partial charge in [-0.15, -0.1) is 10.2 Å². The Morgan fingerprint density at radius 2 is 1.74 bits per heavy atom. The van der Waals surface area contributed by atoms with Crippen LogP contribution >= 0.6 is 11.8 Å². The van der Waals surface area contributed by atoms with E-state index >= 15 is 0 Å². The number of aromatic nitrogens is 3. The first kappa shape index (κ1) is 26.4. The Labute approximate surface area is 211 Å². The highest BCUT2D eigenvalue weighted by Crippen LogP contribution is 2.27. The van der Waals surface area contributed by atoms with Crippen LogP contribution in [0, 0.1) is 5.92 Å². The zero-order valence-corrected chi connectivity index (χ0v) is 21.9. The Kier molecular flexibility index (Phi) is 9.84. The van der Waals surface area contributed by atoms with Crippen molar-refractivity contribution >= 4 is 17.7 Å². The SMILES string of the molecule is CCc1ccc(OCc2nnc(SCC(=O)NCc3ccc(OC)c(OC)c3)n2CC(C)C)cc1. The van der Waals surface area contributed by atoms with Gasteiger partial charge in [0.1, 0.15) is 12.4 Å². The van der Waals surface area contributed by atoms with Crippen LogP contribution in [0.3, 0.4) is 0 Å². The van der Waals surface area contributed by atoms with Gasteiger partial charge in [-0.2, -0.15) is 0 Å². The van der Waals surface area contributed by atoms with Crippen LogP contribution in [0.15, 0.2) is 47.6 Å². The van der Waals surface area contributed by atoms with Gasteiger partial charge in [-0.05, 0) is 47.7 Å². The number of benzene rings is 2. The number of thioether (sulfide) groups is 1. The number of amides is 1. The Morgan fingerprint density at radius 3 is 2.40 bits per heavy atom. The van der Waals surface area contributed by atoms with Gasteiger partial charge < -0.3 is 24.1 Å². The fraction of sp³-hybridized carbons (Fsp3) is 0.423. The second-order valence-electron chi connectivity index (χ2n) is 8.44. The molecular weight excluding hydrogens is 464 g/mol. The molecule has 0 unspecified atom stereocenters. The molecule has 0 saturated carbocycles. The van der Waals surface area contributed by atoms with Gasteiger partial charge in [0.2, 0.25) is 5.91 Å². The molecule has 0 saturated heterocycles. The number of aryl methyl sites for hydroxylation is 1. The van der Waals surface area contributed by atoms with Crippen LogP contribution in [-0.4, -0.2) is 40.6 Å². The van der Waals surface area contributed by atoms with Crippen LogP contribution in [-0.2, 0) is 30.9 Å². The molecule has 35 heavy (non-hydrogen) atoms. The Balaban J connectivity index is 1.57. The molecule has 2 aromatic carbocycles. The highest BCUT2D eigenvalue weighted by molar-refractivity contribution is 7.99. The largest absolute Gasteiger partial charge is 0.493 e. The number of rotatable bonds is 13. The molecule has 8 nitrogen and oxygen atoms in total. The van der Waals surface area contributed by atoms with Crippen LogP contribution in [0.1, 0.15) is 37.7 Å². The molecule has 0 atom stereocenters. The normalized spacial score (nSPS) is 10.9. The molecule has 0 radical (unpaired) electrons. The fourth-order valence-electron chi connectivity index (χ4n) is 3.42. The predicted molar refractivity (Wildman–Crippen MR) is 137 cm³/mol. The first-order valence-electron chi connectivity index (χ1n) is 11.7. The third kappa shape index (κ3) is 7.65. The van der Waals surface area contributed by atoms with Crippen LogP contribution in [0.25, 0.3) is 0 Å². The van der Waals surface area contributed by atoms with E-state index in [0.29, 0.717) is 35.7 Å². The van der Waals surface area contributed by atoms with Crippen molar-refractivity contribution in [2.24, 2.45) is 5.92 Å². The van der Waals surface area contributed by atoms with E-state index in [1.165, 1.54) is 17.3 Å². The highest BCUT2D eigenvalue weighted by atomic mass is 32.2. The average molecular weight is 499 g/mol. The van der Waals surface area contributed by atoms with Crippen LogP contribution < -0.4 is 19.5 Å². The monoisotopic (exact) mass is 498 g/mol. The molecule has 9 heteroatoms. The minimum atomic E-state index is -0.0855. The molecule has 0 fully saturated rings. The fourth-order valence-corrected chi connectivity index (χ4v) is 4.22. The number of hydrogen-bond donors (Lipinski definition) is 1. The summed E-state index contributed by atoms with van der Waals surface area (Å²) in [5.41, 5.74) is 2.19. The zero-order chi connectivity index (χ0) is 25.2. The Bertz CT molecular complexity index is 1100. The number of carbonyl (C=O) groups is 1. The van der Waals surface area contributed by atoms with Crippen molar-refractivity contribution in [3.8, 4) is 17.2 Å². The van der Waals surface area contributed by atoms with Crippen LogP contribution in [0.2, 0.25) is 0 Å². The maximum absolute atomic E-state index is 12.5. The third-order valence-electron chi connectivity index (χ3n) is 5.31. The van der Waals surface area contributed by atoms with Gasteiger partial charge in [-0.1, -0.05) is 50.7 Å². The first-order chi connectivity index (χ1) is 16.9. The topological polar surface area (TPSA) is 87.5 Å². The van der Waals surface area contributed by atoms with Gasteiger partial charge in [-0.3, -0.25) is 4.79 Å². The molecule has 1 heterocycles. The van der Waals surface area contributed by atoms with Gasteiger partial charge in [0.25, 0.3) is 0 Å². The van der Waals surface area contributed by atoms with Crippen LogP contribution in [0.4, 0.5) is 0 Å². The lowest BCUT2D eigenvalue weighted by Crippen LogP contribution is -2.24. The minimum absolute atomic E-state index is 0.0855. The maximum atomic E-state index is 12.5. The van der Waals surface area contributed by atoms with E-state index in [-0.39, 0.29) is 11.7 Å². The first-order valence-corrected chi connectivity index (χ1v) is 12.7. The second kappa shape index (κ2) is 13.0. The molecule has 0 bridgehead atoms. The summed E-state index contributed by atoms with van der Waals surface area (Å²) in [6.45, 7) is 7.86. The van der Waals surface area contributed by atoms with E-state index in [4.69, 9.17) is 14.2 Å². The van der Waals surface area contributed by atoms with Gasteiger partial charge in [-0.25, -0.2) is 0 Å². The van der Waals surface area contributed by atoms with Crippen molar-refractivity contribution < 1.29 is 19.0 Å². The van der Waals surface area contributed by atoms with E-state index in [2.05, 4.69) is 48.4 Å². The zero-order valence-electron chi connectivity index (χ0n) is 21.0. The van der Waals surface area contributed by atoms with Crippen molar-refractivity contribution in [2.45, 2.75) is 52.0 Å². The number of hydrogen-bond acceptors (Lipinski definition) is 7. The minimum Gasteiger partial charge on any atom is -0.493 e. The van der Waals surface area contributed by atoms with Gasteiger partial charge in [0, 0.05) is 13.1 Å². The summed E-state index contributed by atoms with van der Waals surface area (Å²) < 4.78 is 18.6.